The van der Waals surface area contributed by atoms with E-state index in [2.05, 4.69) is 15.6 Å². The highest BCUT2D eigenvalue weighted by molar-refractivity contribution is 5.91. The summed E-state index contributed by atoms with van der Waals surface area (Å²) in [6, 6.07) is 4.86. The quantitative estimate of drug-likeness (QED) is 0.738. The van der Waals surface area contributed by atoms with E-state index in [0.717, 1.165) is 12.8 Å². The third-order valence-corrected chi connectivity index (χ3v) is 4.41. The average molecular weight is 349 g/mol. The number of urea groups is 1. The fourth-order valence-corrected chi connectivity index (χ4v) is 2.81. The number of carbonyl (C=O) groups is 1. The molecule has 8 nitrogen and oxygen atoms in total. The molecule has 136 valence electrons. The first-order valence-corrected chi connectivity index (χ1v) is 8.41. The van der Waals surface area contributed by atoms with Crippen LogP contribution in [0.3, 0.4) is 0 Å². The number of aliphatic hydroxyl groups is 1. The van der Waals surface area contributed by atoms with Crippen LogP contribution in [0.2, 0.25) is 0 Å². The molecule has 2 amide bonds. The molecule has 0 unspecified atom stereocenters. The fourth-order valence-electron chi connectivity index (χ4n) is 2.81. The Kier molecular flexibility index (Phi) is 5.40. The minimum Gasteiger partial charge on any atom is -0.450 e. The van der Waals surface area contributed by atoms with Crippen molar-refractivity contribution in [3.8, 4) is 6.08 Å². The summed E-state index contributed by atoms with van der Waals surface area (Å²) in [6.45, 7) is 3.96. The van der Waals surface area contributed by atoms with Crippen LogP contribution in [0.25, 0.3) is 11.1 Å². The number of oxazole rings is 1. The number of nitrogens with zero attached hydrogens (tertiary/aromatic N) is 1. The van der Waals surface area contributed by atoms with E-state index in [1.807, 2.05) is 6.92 Å². The second-order valence-electron chi connectivity index (χ2n) is 6.17. The number of hydrogen-bond donors (Lipinski definition) is 3. The number of nitrogens with one attached hydrogen (secondary N) is 2. The maximum atomic E-state index is 12.2. The predicted octanol–water partition coefficient (Wildman–Crippen LogP) is 2.14. The number of amides is 2. The lowest BCUT2D eigenvalue weighted by Crippen LogP contribution is -2.44. The molecule has 8 heteroatoms. The first kappa shape index (κ1) is 17.5. The largest absolute Gasteiger partial charge is 0.450 e. The lowest BCUT2D eigenvalue weighted by Gasteiger charge is -2.35. The minimum atomic E-state index is -0.327. The summed E-state index contributed by atoms with van der Waals surface area (Å²) in [5.41, 5.74) is 1.50. The normalized spacial score (nSPS) is 16.6. The molecule has 1 aliphatic heterocycles. The highest BCUT2D eigenvalue weighted by Crippen LogP contribution is 2.29. The molecule has 2 heterocycles. The van der Waals surface area contributed by atoms with E-state index in [1.54, 1.807) is 18.2 Å². The van der Waals surface area contributed by atoms with Gasteiger partial charge < -0.3 is 29.6 Å². The SMILES string of the molecule is CCOc1nc2cc(NC(=O)NCC3(CO)CCOCC3)ccc2o1. The number of aliphatic hydroxyl groups excluding tert-OH is 1. The standard InChI is InChI=1S/C17H23N3O5/c1-2-24-16-20-13-9-12(3-4-14(13)25-16)19-15(22)18-10-17(11-21)5-7-23-8-6-17/h3-4,9,21H,2,5-8,10-11H2,1H3,(H2,18,19,22). The van der Waals surface area contributed by atoms with Crippen molar-refractivity contribution in [1.82, 2.24) is 10.3 Å². The summed E-state index contributed by atoms with van der Waals surface area (Å²) < 4.78 is 16.0. The van der Waals surface area contributed by atoms with Gasteiger partial charge in [-0.2, -0.15) is 4.98 Å². The Morgan fingerprint density at radius 3 is 2.92 bits per heavy atom. The number of fused-ring (bicyclic) bond motifs is 1. The van der Waals surface area contributed by atoms with E-state index in [1.165, 1.54) is 0 Å². The van der Waals surface area contributed by atoms with Crippen molar-refractivity contribution in [3.05, 3.63) is 18.2 Å². The Balaban J connectivity index is 1.59. The number of ether oxygens (including phenoxy) is 2. The first-order valence-electron chi connectivity index (χ1n) is 8.41. The van der Waals surface area contributed by atoms with Crippen molar-refractivity contribution in [1.29, 1.82) is 0 Å². The van der Waals surface area contributed by atoms with Crippen molar-refractivity contribution >= 4 is 22.8 Å². The predicted molar refractivity (Wildman–Crippen MR) is 91.8 cm³/mol. The van der Waals surface area contributed by atoms with Crippen molar-refractivity contribution in [2.45, 2.75) is 19.8 Å². The molecule has 0 radical (unpaired) electrons. The summed E-state index contributed by atoms with van der Waals surface area (Å²) in [6.07, 6.45) is 1.67. The molecule has 0 spiro atoms. The zero-order valence-corrected chi connectivity index (χ0v) is 14.2. The van der Waals surface area contributed by atoms with Gasteiger partial charge in [-0.1, -0.05) is 0 Å². The molecule has 25 heavy (non-hydrogen) atoms. The van der Waals surface area contributed by atoms with E-state index < -0.39 is 0 Å². The summed E-state index contributed by atoms with van der Waals surface area (Å²) in [5.74, 6) is 0. The molecule has 1 fully saturated rings. The molecule has 1 saturated heterocycles. The van der Waals surface area contributed by atoms with Crippen molar-refractivity contribution in [3.63, 3.8) is 0 Å². The van der Waals surface area contributed by atoms with Crippen LogP contribution < -0.4 is 15.4 Å². The van der Waals surface area contributed by atoms with Crippen LogP contribution in [0, 0.1) is 5.41 Å². The van der Waals surface area contributed by atoms with Crippen LogP contribution >= 0.6 is 0 Å². The van der Waals surface area contributed by atoms with Crippen LogP contribution in [0.1, 0.15) is 19.8 Å². The summed E-state index contributed by atoms with van der Waals surface area (Å²) in [5, 5.41) is 15.3. The lowest BCUT2D eigenvalue weighted by molar-refractivity contribution is -0.0136. The van der Waals surface area contributed by atoms with Crippen LogP contribution in [0.5, 0.6) is 6.08 Å². The molecule has 0 saturated carbocycles. The second kappa shape index (κ2) is 7.71. The Hall–Kier alpha value is -2.32. The van der Waals surface area contributed by atoms with E-state index in [4.69, 9.17) is 13.9 Å². The van der Waals surface area contributed by atoms with Gasteiger partial charge in [0.25, 0.3) is 0 Å². The summed E-state index contributed by atoms with van der Waals surface area (Å²) in [7, 11) is 0. The van der Waals surface area contributed by atoms with Gasteiger partial charge in [0, 0.05) is 30.9 Å². The Morgan fingerprint density at radius 2 is 2.20 bits per heavy atom. The Morgan fingerprint density at radius 1 is 1.40 bits per heavy atom. The molecule has 0 atom stereocenters. The maximum absolute atomic E-state index is 12.2. The monoisotopic (exact) mass is 349 g/mol. The molecule has 2 aromatic rings. The van der Waals surface area contributed by atoms with Crippen molar-refractivity contribution in [2.75, 3.05) is 38.3 Å². The van der Waals surface area contributed by atoms with Crippen molar-refractivity contribution < 1.29 is 23.8 Å². The lowest BCUT2D eigenvalue weighted by atomic mass is 9.81. The van der Waals surface area contributed by atoms with Crippen LogP contribution in [0.15, 0.2) is 22.6 Å². The highest BCUT2D eigenvalue weighted by atomic mass is 16.6. The maximum Gasteiger partial charge on any atom is 0.394 e. The number of anilines is 1. The van der Waals surface area contributed by atoms with E-state index in [-0.39, 0.29) is 24.1 Å². The summed E-state index contributed by atoms with van der Waals surface area (Å²) >= 11 is 0. The average Bonchev–Trinajstić information content (AvgIpc) is 3.03. The number of hydrogen-bond acceptors (Lipinski definition) is 6. The third kappa shape index (κ3) is 4.21. The first-order chi connectivity index (χ1) is 12.1. The van der Waals surface area contributed by atoms with E-state index in [0.29, 0.717) is 43.2 Å². The van der Waals surface area contributed by atoms with Crippen LogP contribution in [0.4, 0.5) is 10.5 Å². The second-order valence-corrected chi connectivity index (χ2v) is 6.17. The molecular weight excluding hydrogens is 326 g/mol. The summed E-state index contributed by atoms with van der Waals surface area (Å²) in [4.78, 5) is 16.4. The number of rotatable bonds is 6. The van der Waals surface area contributed by atoms with Gasteiger partial charge >= 0.3 is 12.1 Å². The highest BCUT2D eigenvalue weighted by Gasteiger charge is 2.32. The smallest absolute Gasteiger partial charge is 0.394 e. The zero-order chi connectivity index (χ0) is 17.7. The van der Waals surface area contributed by atoms with Gasteiger partial charge in [-0.05, 0) is 38.0 Å². The Labute approximate surface area is 145 Å². The zero-order valence-electron chi connectivity index (χ0n) is 14.2. The molecule has 0 bridgehead atoms. The van der Waals surface area contributed by atoms with E-state index >= 15 is 0 Å². The number of carbonyl (C=O) groups excluding carboxylic acids is 1. The third-order valence-electron chi connectivity index (χ3n) is 4.41. The van der Waals surface area contributed by atoms with Gasteiger partial charge in [0.1, 0.15) is 5.52 Å². The van der Waals surface area contributed by atoms with Gasteiger partial charge in [-0.15, -0.1) is 0 Å². The number of benzene rings is 1. The van der Waals surface area contributed by atoms with Gasteiger partial charge in [-0.3, -0.25) is 0 Å². The van der Waals surface area contributed by atoms with Gasteiger partial charge in [0.2, 0.25) is 0 Å². The molecular formula is C17H23N3O5. The molecule has 0 aliphatic carbocycles. The molecule has 1 aromatic carbocycles. The van der Waals surface area contributed by atoms with Crippen LogP contribution in [-0.4, -0.2) is 49.1 Å². The minimum absolute atomic E-state index is 0.0295. The topological polar surface area (TPSA) is 106 Å². The fraction of sp³-hybridized carbons (Fsp3) is 0.529. The van der Waals surface area contributed by atoms with Gasteiger partial charge in [0.05, 0.1) is 13.2 Å². The number of aromatic nitrogens is 1. The van der Waals surface area contributed by atoms with Gasteiger partial charge in [-0.25, -0.2) is 4.79 Å². The Bertz CT molecular complexity index is 724. The van der Waals surface area contributed by atoms with Crippen LogP contribution in [-0.2, 0) is 4.74 Å². The van der Waals surface area contributed by atoms with Gasteiger partial charge in [0.15, 0.2) is 5.58 Å². The van der Waals surface area contributed by atoms with Crippen molar-refractivity contribution in [2.24, 2.45) is 5.41 Å². The molecule has 3 N–H and O–H groups in total. The molecule has 1 aliphatic rings. The van der Waals surface area contributed by atoms with E-state index in [9.17, 15) is 9.90 Å². The molecule has 3 rings (SSSR count). The molecule has 1 aromatic heterocycles.